The third kappa shape index (κ3) is 6.72. The first-order chi connectivity index (χ1) is 13.6. The molecule has 2 saturated heterocycles. The molecule has 3 atom stereocenters. The van der Waals surface area contributed by atoms with E-state index < -0.39 is 0 Å². The summed E-state index contributed by atoms with van der Waals surface area (Å²) in [6, 6.07) is 10.0. The van der Waals surface area contributed by atoms with Gasteiger partial charge in [-0.3, -0.25) is 9.89 Å². The summed E-state index contributed by atoms with van der Waals surface area (Å²) in [7, 11) is 1.84. The van der Waals surface area contributed by atoms with Gasteiger partial charge in [0.1, 0.15) is 0 Å². The molecule has 2 N–H and O–H groups in total. The van der Waals surface area contributed by atoms with E-state index >= 15 is 0 Å². The van der Waals surface area contributed by atoms with Crippen LogP contribution in [-0.2, 0) is 4.74 Å². The number of rotatable bonds is 6. The highest BCUT2D eigenvalue weighted by atomic mass is 127. The maximum Gasteiger partial charge on any atom is 0.191 e. The molecule has 2 heterocycles. The zero-order chi connectivity index (χ0) is 19.9. The van der Waals surface area contributed by atoms with E-state index in [1.54, 1.807) is 0 Å². The van der Waals surface area contributed by atoms with Crippen molar-refractivity contribution >= 4 is 35.6 Å². The van der Waals surface area contributed by atoms with Crippen LogP contribution in [0.5, 0.6) is 0 Å². The van der Waals surface area contributed by atoms with Crippen molar-refractivity contribution in [2.24, 2.45) is 4.99 Å². The standard InChI is InChI=1S/C22H37N5O.HI/c1-17(27-12-13-28-16-18(27)2)15-24-22(23-4)25-19(3)20-8-7-9-21(14-20)26-10-5-6-11-26;/h7-9,14,17-19H,5-6,10-13,15-16H2,1-4H3,(H2,23,24,25);1H. The second-order valence-electron chi connectivity index (χ2n) is 8.12. The minimum absolute atomic E-state index is 0. The second-order valence-corrected chi connectivity index (χ2v) is 8.12. The van der Waals surface area contributed by atoms with Gasteiger partial charge < -0.3 is 20.3 Å². The molecule has 2 aliphatic rings. The van der Waals surface area contributed by atoms with Crippen molar-refractivity contribution in [2.75, 3.05) is 51.3 Å². The van der Waals surface area contributed by atoms with Crippen LogP contribution in [0.1, 0.15) is 45.2 Å². The molecule has 0 amide bonds. The van der Waals surface area contributed by atoms with E-state index in [9.17, 15) is 0 Å². The number of morpholine rings is 1. The Hall–Kier alpha value is -1.06. The Bertz CT molecular complexity index is 650. The smallest absolute Gasteiger partial charge is 0.191 e. The summed E-state index contributed by atoms with van der Waals surface area (Å²) < 4.78 is 5.56. The first-order valence-electron chi connectivity index (χ1n) is 10.7. The lowest BCUT2D eigenvalue weighted by Gasteiger charge is -2.38. The van der Waals surface area contributed by atoms with Crippen LogP contribution in [-0.4, -0.2) is 69.4 Å². The highest BCUT2D eigenvalue weighted by molar-refractivity contribution is 14.0. The molecule has 1 aromatic carbocycles. The van der Waals surface area contributed by atoms with Crippen LogP contribution in [0.15, 0.2) is 29.3 Å². The summed E-state index contributed by atoms with van der Waals surface area (Å²) in [5.41, 5.74) is 2.63. The number of benzene rings is 1. The largest absolute Gasteiger partial charge is 0.379 e. The number of hydrogen-bond donors (Lipinski definition) is 2. The van der Waals surface area contributed by atoms with Gasteiger partial charge in [0.05, 0.1) is 19.3 Å². The van der Waals surface area contributed by atoms with Gasteiger partial charge in [0.25, 0.3) is 0 Å². The first-order valence-corrected chi connectivity index (χ1v) is 10.7. The molecule has 2 fully saturated rings. The van der Waals surface area contributed by atoms with Gasteiger partial charge in [-0.1, -0.05) is 12.1 Å². The average Bonchev–Trinajstić information content (AvgIpc) is 3.26. The zero-order valence-corrected chi connectivity index (χ0v) is 20.7. The molecule has 0 radical (unpaired) electrons. The number of ether oxygens (including phenoxy) is 1. The normalized spacial score (nSPS) is 22.7. The van der Waals surface area contributed by atoms with Crippen LogP contribution in [0.3, 0.4) is 0 Å². The first kappa shape index (κ1) is 24.2. The SMILES string of the molecule is CN=C(NCC(C)N1CCOCC1C)NC(C)c1cccc(N2CCCC2)c1.I. The summed E-state index contributed by atoms with van der Waals surface area (Å²) in [6.07, 6.45) is 2.60. The van der Waals surface area contributed by atoms with Crippen molar-refractivity contribution in [3.05, 3.63) is 29.8 Å². The van der Waals surface area contributed by atoms with E-state index in [1.165, 1.54) is 37.2 Å². The molecule has 6 nitrogen and oxygen atoms in total. The Morgan fingerprint density at radius 2 is 2.00 bits per heavy atom. The molecular formula is C22H38IN5O. The Morgan fingerprint density at radius 3 is 2.69 bits per heavy atom. The van der Waals surface area contributed by atoms with Crippen LogP contribution in [0, 0.1) is 0 Å². The highest BCUT2D eigenvalue weighted by Crippen LogP contribution is 2.24. The van der Waals surface area contributed by atoms with Gasteiger partial charge >= 0.3 is 0 Å². The third-order valence-electron chi connectivity index (χ3n) is 5.97. The highest BCUT2D eigenvalue weighted by Gasteiger charge is 2.23. The summed E-state index contributed by atoms with van der Waals surface area (Å²) in [6.45, 7) is 12.6. The molecule has 0 saturated carbocycles. The van der Waals surface area contributed by atoms with Crippen LogP contribution < -0.4 is 15.5 Å². The van der Waals surface area contributed by atoms with Crippen LogP contribution in [0.25, 0.3) is 0 Å². The van der Waals surface area contributed by atoms with Gasteiger partial charge in [0, 0.05) is 51.0 Å². The number of hydrogen-bond acceptors (Lipinski definition) is 4. The van der Waals surface area contributed by atoms with Crippen molar-refractivity contribution in [2.45, 2.75) is 51.7 Å². The Kier molecular flexibility index (Phi) is 9.98. The van der Waals surface area contributed by atoms with Crippen molar-refractivity contribution in [3.8, 4) is 0 Å². The number of nitrogens with zero attached hydrogens (tertiary/aromatic N) is 3. The van der Waals surface area contributed by atoms with Gasteiger partial charge in [-0.25, -0.2) is 0 Å². The zero-order valence-electron chi connectivity index (χ0n) is 18.4. The molecule has 29 heavy (non-hydrogen) atoms. The Morgan fingerprint density at radius 1 is 1.24 bits per heavy atom. The number of guanidine groups is 1. The van der Waals surface area contributed by atoms with E-state index in [1.807, 2.05) is 7.05 Å². The summed E-state index contributed by atoms with van der Waals surface area (Å²) in [5.74, 6) is 0.854. The summed E-state index contributed by atoms with van der Waals surface area (Å²) in [4.78, 5) is 9.42. The maximum absolute atomic E-state index is 5.56. The topological polar surface area (TPSA) is 52.1 Å². The predicted molar refractivity (Wildman–Crippen MR) is 133 cm³/mol. The fourth-order valence-electron chi connectivity index (χ4n) is 4.21. The maximum atomic E-state index is 5.56. The second kappa shape index (κ2) is 12.0. The quantitative estimate of drug-likeness (QED) is 0.346. The van der Waals surface area contributed by atoms with Crippen molar-refractivity contribution in [1.82, 2.24) is 15.5 Å². The van der Waals surface area contributed by atoms with Gasteiger partial charge in [-0.05, 0) is 51.3 Å². The number of halogens is 1. The fourth-order valence-corrected chi connectivity index (χ4v) is 4.21. The van der Waals surface area contributed by atoms with E-state index in [0.29, 0.717) is 12.1 Å². The molecule has 164 valence electrons. The minimum Gasteiger partial charge on any atom is -0.379 e. The van der Waals surface area contributed by atoms with Gasteiger partial charge in [0.2, 0.25) is 0 Å². The van der Waals surface area contributed by atoms with E-state index in [-0.39, 0.29) is 30.0 Å². The number of nitrogens with one attached hydrogen (secondary N) is 2. The molecular weight excluding hydrogens is 477 g/mol. The monoisotopic (exact) mass is 515 g/mol. The lowest BCUT2D eigenvalue weighted by Crippen LogP contribution is -2.53. The lowest BCUT2D eigenvalue weighted by atomic mass is 10.1. The number of aliphatic imine (C=N–C) groups is 1. The summed E-state index contributed by atoms with van der Waals surface area (Å²) in [5, 5.41) is 7.05. The van der Waals surface area contributed by atoms with Crippen LogP contribution >= 0.6 is 24.0 Å². The van der Waals surface area contributed by atoms with E-state index in [2.05, 4.69) is 70.5 Å². The van der Waals surface area contributed by atoms with Crippen molar-refractivity contribution < 1.29 is 4.74 Å². The van der Waals surface area contributed by atoms with E-state index in [0.717, 1.165) is 32.3 Å². The Labute approximate surface area is 193 Å². The van der Waals surface area contributed by atoms with Gasteiger partial charge in [-0.15, -0.1) is 24.0 Å². The predicted octanol–water partition coefficient (Wildman–Crippen LogP) is 3.24. The van der Waals surface area contributed by atoms with E-state index in [4.69, 9.17) is 4.74 Å². The fraction of sp³-hybridized carbons (Fsp3) is 0.682. The van der Waals surface area contributed by atoms with Crippen LogP contribution in [0.2, 0.25) is 0 Å². The van der Waals surface area contributed by atoms with Crippen LogP contribution in [0.4, 0.5) is 5.69 Å². The molecule has 0 bridgehead atoms. The molecule has 3 rings (SSSR count). The molecule has 0 aromatic heterocycles. The minimum atomic E-state index is 0. The molecule has 1 aromatic rings. The summed E-state index contributed by atoms with van der Waals surface area (Å²) >= 11 is 0. The van der Waals surface area contributed by atoms with Gasteiger partial charge in [0.15, 0.2) is 5.96 Å². The average molecular weight is 515 g/mol. The van der Waals surface area contributed by atoms with Crippen molar-refractivity contribution in [3.63, 3.8) is 0 Å². The van der Waals surface area contributed by atoms with Gasteiger partial charge in [-0.2, -0.15) is 0 Å². The molecule has 0 aliphatic carbocycles. The van der Waals surface area contributed by atoms with Crippen molar-refractivity contribution in [1.29, 1.82) is 0 Å². The molecule has 7 heteroatoms. The Balaban J connectivity index is 0.00000300. The third-order valence-corrected chi connectivity index (χ3v) is 5.97. The molecule has 2 aliphatic heterocycles. The number of anilines is 1. The molecule has 0 spiro atoms. The molecule has 3 unspecified atom stereocenters. The lowest BCUT2D eigenvalue weighted by molar-refractivity contribution is -0.0174.